The maximum atomic E-state index is 13.3. The molecular formula is C16H14FNO3. The number of benzene rings is 2. The quantitative estimate of drug-likeness (QED) is 0.846. The van der Waals surface area contributed by atoms with Crippen LogP contribution < -0.4 is 14.2 Å². The predicted molar refractivity (Wildman–Crippen MR) is 75.0 cm³/mol. The lowest BCUT2D eigenvalue weighted by Crippen LogP contribution is -1.98. The Morgan fingerprint density at radius 2 is 1.57 bits per heavy atom. The van der Waals surface area contributed by atoms with Gasteiger partial charge in [0.2, 0.25) is 0 Å². The summed E-state index contributed by atoms with van der Waals surface area (Å²) >= 11 is 0. The highest BCUT2D eigenvalue weighted by Crippen LogP contribution is 2.28. The van der Waals surface area contributed by atoms with Crippen molar-refractivity contribution in [2.45, 2.75) is 6.61 Å². The Morgan fingerprint density at radius 3 is 2.14 bits per heavy atom. The third kappa shape index (κ3) is 3.86. The molecule has 0 saturated heterocycles. The molecule has 21 heavy (non-hydrogen) atoms. The summed E-state index contributed by atoms with van der Waals surface area (Å²) in [5.41, 5.74) is 0.838. The van der Waals surface area contributed by atoms with Gasteiger partial charge in [0.25, 0.3) is 0 Å². The van der Waals surface area contributed by atoms with Crippen molar-refractivity contribution in [2.75, 3.05) is 14.2 Å². The van der Waals surface area contributed by atoms with Crippen molar-refractivity contribution < 1.29 is 18.6 Å². The Kier molecular flexibility index (Phi) is 4.62. The Hall–Kier alpha value is -2.74. The number of ether oxygens (including phenoxy) is 3. The van der Waals surface area contributed by atoms with E-state index in [4.69, 9.17) is 19.5 Å². The zero-order valence-corrected chi connectivity index (χ0v) is 11.7. The average molecular weight is 287 g/mol. The second-order valence-electron chi connectivity index (χ2n) is 4.30. The van der Waals surface area contributed by atoms with Gasteiger partial charge in [-0.1, -0.05) is 0 Å². The minimum atomic E-state index is -0.462. The topological polar surface area (TPSA) is 51.5 Å². The average Bonchev–Trinajstić information content (AvgIpc) is 2.51. The third-order valence-corrected chi connectivity index (χ3v) is 2.82. The molecule has 0 atom stereocenters. The molecule has 2 rings (SSSR count). The van der Waals surface area contributed by atoms with E-state index in [9.17, 15) is 4.39 Å². The molecule has 0 aliphatic heterocycles. The highest BCUT2D eigenvalue weighted by molar-refractivity contribution is 5.42. The zero-order chi connectivity index (χ0) is 15.2. The van der Waals surface area contributed by atoms with Gasteiger partial charge >= 0.3 is 0 Å². The van der Waals surface area contributed by atoms with Gasteiger partial charge in [-0.25, -0.2) is 4.39 Å². The normalized spacial score (nSPS) is 9.81. The van der Waals surface area contributed by atoms with Gasteiger partial charge in [-0.05, 0) is 23.8 Å². The van der Waals surface area contributed by atoms with Crippen LogP contribution in [0.2, 0.25) is 0 Å². The zero-order valence-electron chi connectivity index (χ0n) is 11.7. The van der Waals surface area contributed by atoms with Crippen LogP contribution in [0, 0.1) is 17.1 Å². The summed E-state index contributed by atoms with van der Waals surface area (Å²) in [6, 6.07) is 11.1. The number of nitrogens with zero attached hydrogens (tertiary/aromatic N) is 1. The van der Waals surface area contributed by atoms with Crippen LogP contribution in [-0.4, -0.2) is 14.2 Å². The highest BCUT2D eigenvalue weighted by Gasteiger charge is 2.05. The molecule has 0 aliphatic carbocycles. The van der Waals surface area contributed by atoms with E-state index < -0.39 is 5.82 Å². The standard InChI is InChI=1S/C16H14FNO3/c1-19-14-6-15(20-2)8-16(7-14)21-10-12-3-11(9-18)4-13(17)5-12/h3-8H,10H2,1-2H3. The van der Waals surface area contributed by atoms with Crippen LogP contribution in [0.25, 0.3) is 0 Å². The molecule has 0 aromatic heterocycles. The predicted octanol–water partition coefficient (Wildman–Crippen LogP) is 3.29. The lowest BCUT2D eigenvalue weighted by molar-refractivity contribution is 0.300. The van der Waals surface area contributed by atoms with Crippen molar-refractivity contribution >= 4 is 0 Å². The molecule has 0 aliphatic rings. The Morgan fingerprint density at radius 1 is 0.952 bits per heavy atom. The van der Waals surface area contributed by atoms with Gasteiger partial charge in [0.05, 0.1) is 25.9 Å². The van der Waals surface area contributed by atoms with Crippen LogP contribution in [0.1, 0.15) is 11.1 Å². The van der Waals surface area contributed by atoms with E-state index in [2.05, 4.69) is 0 Å². The van der Waals surface area contributed by atoms with Crippen molar-refractivity contribution in [2.24, 2.45) is 0 Å². The second-order valence-corrected chi connectivity index (χ2v) is 4.30. The first-order valence-corrected chi connectivity index (χ1v) is 6.20. The Bertz CT molecular complexity index is 657. The summed E-state index contributed by atoms with van der Waals surface area (Å²) in [4.78, 5) is 0. The van der Waals surface area contributed by atoms with Crippen LogP contribution in [0.5, 0.6) is 17.2 Å². The molecule has 0 bridgehead atoms. The maximum Gasteiger partial charge on any atom is 0.127 e. The second kappa shape index (κ2) is 6.62. The number of nitriles is 1. The van der Waals surface area contributed by atoms with E-state index in [1.807, 2.05) is 6.07 Å². The van der Waals surface area contributed by atoms with Gasteiger partial charge in [-0.15, -0.1) is 0 Å². The van der Waals surface area contributed by atoms with Crippen molar-refractivity contribution in [3.63, 3.8) is 0 Å². The SMILES string of the molecule is COc1cc(OC)cc(OCc2cc(F)cc(C#N)c2)c1. The molecule has 4 nitrogen and oxygen atoms in total. The fourth-order valence-electron chi connectivity index (χ4n) is 1.83. The monoisotopic (exact) mass is 287 g/mol. The molecule has 0 N–H and O–H groups in total. The van der Waals surface area contributed by atoms with Crippen LogP contribution in [0.3, 0.4) is 0 Å². The van der Waals surface area contributed by atoms with E-state index in [-0.39, 0.29) is 12.2 Å². The fourth-order valence-corrected chi connectivity index (χ4v) is 1.83. The van der Waals surface area contributed by atoms with Gasteiger partial charge in [0.1, 0.15) is 29.7 Å². The summed E-state index contributed by atoms with van der Waals surface area (Å²) in [7, 11) is 3.09. The third-order valence-electron chi connectivity index (χ3n) is 2.82. The summed E-state index contributed by atoms with van der Waals surface area (Å²) in [6.07, 6.45) is 0. The molecule has 108 valence electrons. The van der Waals surface area contributed by atoms with E-state index in [0.717, 1.165) is 0 Å². The van der Waals surface area contributed by atoms with E-state index in [0.29, 0.717) is 22.8 Å². The van der Waals surface area contributed by atoms with Gasteiger partial charge in [-0.3, -0.25) is 0 Å². The summed E-state index contributed by atoms with van der Waals surface area (Å²) < 4.78 is 29.2. The van der Waals surface area contributed by atoms with Crippen molar-refractivity contribution in [3.8, 4) is 23.3 Å². The fraction of sp³-hybridized carbons (Fsp3) is 0.188. The number of methoxy groups -OCH3 is 2. The number of rotatable bonds is 5. The largest absolute Gasteiger partial charge is 0.496 e. The first-order chi connectivity index (χ1) is 10.1. The first kappa shape index (κ1) is 14.7. The molecule has 0 amide bonds. The van der Waals surface area contributed by atoms with Crippen molar-refractivity contribution in [1.29, 1.82) is 5.26 Å². The molecule has 0 radical (unpaired) electrons. The van der Waals surface area contributed by atoms with Crippen molar-refractivity contribution in [3.05, 3.63) is 53.3 Å². The van der Waals surface area contributed by atoms with E-state index in [1.165, 1.54) is 12.1 Å². The van der Waals surface area contributed by atoms with Crippen LogP contribution >= 0.6 is 0 Å². The van der Waals surface area contributed by atoms with Crippen LogP contribution in [-0.2, 0) is 6.61 Å². The van der Waals surface area contributed by atoms with Gasteiger partial charge < -0.3 is 14.2 Å². The lowest BCUT2D eigenvalue weighted by atomic mass is 10.1. The van der Waals surface area contributed by atoms with Crippen LogP contribution in [0.15, 0.2) is 36.4 Å². The molecule has 5 heteroatoms. The highest BCUT2D eigenvalue weighted by atomic mass is 19.1. The molecule has 2 aromatic rings. The summed E-state index contributed by atoms with van der Waals surface area (Å²) in [5.74, 6) is 1.27. The van der Waals surface area contributed by atoms with Gasteiger partial charge in [-0.2, -0.15) is 5.26 Å². The summed E-state index contributed by atoms with van der Waals surface area (Å²) in [5, 5.41) is 8.82. The minimum Gasteiger partial charge on any atom is -0.496 e. The molecular weight excluding hydrogens is 273 g/mol. The lowest BCUT2D eigenvalue weighted by Gasteiger charge is -2.10. The minimum absolute atomic E-state index is 0.142. The van der Waals surface area contributed by atoms with Gasteiger partial charge in [0.15, 0.2) is 0 Å². The molecule has 0 fully saturated rings. The maximum absolute atomic E-state index is 13.3. The number of hydrogen-bond acceptors (Lipinski definition) is 4. The van der Waals surface area contributed by atoms with E-state index >= 15 is 0 Å². The molecule has 0 saturated carbocycles. The Labute approximate surface area is 122 Å². The number of halogens is 1. The Balaban J connectivity index is 2.16. The first-order valence-electron chi connectivity index (χ1n) is 6.20. The smallest absolute Gasteiger partial charge is 0.127 e. The summed E-state index contributed by atoms with van der Waals surface area (Å²) in [6.45, 7) is 0.142. The number of hydrogen-bond donors (Lipinski definition) is 0. The van der Waals surface area contributed by atoms with E-state index in [1.54, 1.807) is 38.5 Å². The molecule has 2 aromatic carbocycles. The molecule has 0 spiro atoms. The molecule has 0 heterocycles. The molecule has 0 unspecified atom stereocenters. The van der Waals surface area contributed by atoms with Gasteiger partial charge in [0, 0.05) is 18.2 Å². The van der Waals surface area contributed by atoms with Crippen LogP contribution in [0.4, 0.5) is 4.39 Å². The van der Waals surface area contributed by atoms with Crippen molar-refractivity contribution in [1.82, 2.24) is 0 Å².